The summed E-state index contributed by atoms with van der Waals surface area (Å²) in [5.41, 5.74) is 2.37. The van der Waals surface area contributed by atoms with Crippen LogP contribution in [0.4, 0.5) is 0 Å². The molecule has 0 saturated heterocycles. The molecule has 22 heavy (non-hydrogen) atoms. The molecule has 2 aromatic heterocycles. The zero-order valence-corrected chi connectivity index (χ0v) is 14.1. The van der Waals surface area contributed by atoms with Gasteiger partial charge in [0, 0.05) is 11.8 Å². The fourth-order valence-electron chi connectivity index (χ4n) is 2.12. The lowest BCUT2D eigenvalue weighted by molar-refractivity contribution is 0.588. The minimum atomic E-state index is -3.73. The van der Waals surface area contributed by atoms with Gasteiger partial charge >= 0.3 is 0 Å². The van der Waals surface area contributed by atoms with E-state index in [4.69, 9.17) is 0 Å². The number of aryl methyl sites for hydroxylation is 1. The Morgan fingerprint density at radius 2 is 1.95 bits per heavy atom. The fraction of sp³-hybridized carbons (Fsp3) is 0.0667. The lowest BCUT2D eigenvalue weighted by Gasteiger charge is -2.07. The molecule has 3 rings (SSSR count). The maximum absolute atomic E-state index is 12.8. The summed E-state index contributed by atoms with van der Waals surface area (Å²) >= 11 is 3.24. The predicted molar refractivity (Wildman–Crippen MR) is 89.1 cm³/mol. The van der Waals surface area contributed by atoms with Crippen LogP contribution in [0.25, 0.3) is 17.2 Å². The highest BCUT2D eigenvalue weighted by Gasteiger charge is 2.22. The highest BCUT2D eigenvalue weighted by Crippen LogP contribution is 2.25. The molecule has 0 aliphatic heterocycles. The number of rotatable bonds is 3. The fourth-order valence-corrected chi connectivity index (χ4v) is 3.72. The average molecular weight is 378 g/mol. The van der Waals surface area contributed by atoms with Gasteiger partial charge in [0.05, 0.1) is 11.1 Å². The molecular formula is C15H12BrN3O2S. The smallest absolute Gasteiger partial charge is 0.235 e. The molecule has 7 heteroatoms. The topological polar surface area (TPSA) is 64.8 Å². The van der Waals surface area contributed by atoms with Crippen molar-refractivity contribution in [3.8, 4) is 0 Å². The minimum absolute atomic E-state index is 0.204. The molecule has 0 fully saturated rings. The van der Waals surface area contributed by atoms with Crippen LogP contribution in [0.2, 0.25) is 0 Å². The van der Waals surface area contributed by atoms with Crippen LogP contribution in [0, 0.1) is 6.92 Å². The Bertz CT molecular complexity index is 976. The third-order valence-corrected chi connectivity index (χ3v) is 5.31. The summed E-state index contributed by atoms with van der Waals surface area (Å²) in [6.07, 6.45) is 4.51. The molecule has 0 saturated carbocycles. The summed E-state index contributed by atoms with van der Waals surface area (Å²) in [5, 5.41) is 0. The molecule has 3 aromatic rings. The lowest BCUT2D eigenvalue weighted by Crippen LogP contribution is -2.12. The van der Waals surface area contributed by atoms with Crippen LogP contribution in [0.5, 0.6) is 0 Å². The van der Waals surface area contributed by atoms with E-state index < -0.39 is 10.0 Å². The molecule has 0 radical (unpaired) electrons. The molecule has 5 nitrogen and oxygen atoms in total. The normalized spacial score (nSPS) is 11.7. The molecule has 0 N–H and O–H groups in total. The maximum atomic E-state index is 12.8. The van der Waals surface area contributed by atoms with Crippen LogP contribution in [0.3, 0.4) is 0 Å². The van der Waals surface area contributed by atoms with E-state index in [1.54, 1.807) is 30.3 Å². The van der Waals surface area contributed by atoms with Crippen molar-refractivity contribution in [2.24, 2.45) is 0 Å². The summed E-state index contributed by atoms with van der Waals surface area (Å²) in [6, 6.07) is 6.68. The highest BCUT2D eigenvalue weighted by molar-refractivity contribution is 9.10. The summed E-state index contributed by atoms with van der Waals surface area (Å²) < 4.78 is 27.3. The van der Waals surface area contributed by atoms with Crippen LogP contribution in [-0.4, -0.2) is 22.4 Å². The van der Waals surface area contributed by atoms with Crippen molar-refractivity contribution in [3.05, 3.63) is 59.0 Å². The minimum Gasteiger partial charge on any atom is -0.235 e. The Balaban J connectivity index is 2.29. The van der Waals surface area contributed by atoms with Gasteiger partial charge in [0.15, 0.2) is 5.65 Å². The van der Waals surface area contributed by atoms with Gasteiger partial charge in [0.2, 0.25) is 0 Å². The number of hydrogen-bond acceptors (Lipinski definition) is 4. The summed E-state index contributed by atoms with van der Waals surface area (Å²) in [5.74, 6) is 0. The van der Waals surface area contributed by atoms with E-state index in [-0.39, 0.29) is 10.5 Å². The summed E-state index contributed by atoms with van der Waals surface area (Å²) in [7, 11) is -3.73. The van der Waals surface area contributed by atoms with Gasteiger partial charge in [-0.15, -0.1) is 0 Å². The van der Waals surface area contributed by atoms with Gasteiger partial charge in [-0.2, -0.15) is 0 Å². The highest BCUT2D eigenvalue weighted by atomic mass is 79.9. The van der Waals surface area contributed by atoms with Gasteiger partial charge in [-0.1, -0.05) is 30.4 Å². The summed E-state index contributed by atoms with van der Waals surface area (Å²) in [6.45, 7) is 5.60. The van der Waals surface area contributed by atoms with Crippen molar-refractivity contribution in [2.75, 3.05) is 0 Å². The number of benzene rings is 1. The quantitative estimate of drug-likeness (QED) is 0.701. The Hall–Kier alpha value is -1.99. The monoisotopic (exact) mass is 377 g/mol. The predicted octanol–water partition coefficient (Wildman–Crippen LogP) is 3.38. The Morgan fingerprint density at radius 3 is 2.59 bits per heavy atom. The van der Waals surface area contributed by atoms with Crippen molar-refractivity contribution >= 4 is 43.2 Å². The first-order chi connectivity index (χ1) is 10.4. The molecule has 0 spiro atoms. The molecule has 0 aliphatic carbocycles. The zero-order valence-electron chi connectivity index (χ0n) is 11.7. The number of aromatic nitrogens is 3. The third-order valence-electron chi connectivity index (χ3n) is 3.26. The second-order valence-electron chi connectivity index (χ2n) is 4.77. The Morgan fingerprint density at radius 1 is 1.27 bits per heavy atom. The van der Waals surface area contributed by atoms with Gasteiger partial charge in [0.25, 0.3) is 10.0 Å². The van der Waals surface area contributed by atoms with E-state index in [9.17, 15) is 8.42 Å². The van der Waals surface area contributed by atoms with Crippen LogP contribution >= 0.6 is 15.9 Å². The Kier molecular flexibility index (Phi) is 3.62. The maximum Gasteiger partial charge on any atom is 0.269 e. The number of halogens is 1. The van der Waals surface area contributed by atoms with E-state index in [1.807, 2.05) is 6.92 Å². The van der Waals surface area contributed by atoms with Gasteiger partial charge in [-0.3, -0.25) is 0 Å². The summed E-state index contributed by atoms with van der Waals surface area (Å²) in [4.78, 5) is 8.68. The van der Waals surface area contributed by atoms with E-state index >= 15 is 0 Å². The first-order valence-corrected chi connectivity index (χ1v) is 8.65. The SMILES string of the molecule is C=Cc1cn(S(=O)(=O)c2ccc(C)cc2)c2ncc(Br)nc12. The average Bonchev–Trinajstić information content (AvgIpc) is 2.86. The van der Waals surface area contributed by atoms with Crippen molar-refractivity contribution in [3.63, 3.8) is 0 Å². The van der Waals surface area contributed by atoms with Crippen molar-refractivity contribution < 1.29 is 8.42 Å². The van der Waals surface area contributed by atoms with E-state index in [1.165, 1.54) is 12.4 Å². The molecule has 0 amide bonds. The molecule has 0 atom stereocenters. The molecule has 112 valence electrons. The second kappa shape index (κ2) is 5.33. The van der Waals surface area contributed by atoms with Crippen molar-refractivity contribution in [2.45, 2.75) is 11.8 Å². The molecule has 0 bridgehead atoms. The Labute approximate surface area is 136 Å². The van der Waals surface area contributed by atoms with Crippen molar-refractivity contribution in [1.82, 2.24) is 13.9 Å². The van der Waals surface area contributed by atoms with Crippen LogP contribution in [0.15, 0.2) is 52.7 Å². The van der Waals surface area contributed by atoms with E-state index in [0.717, 1.165) is 9.54 Å². The number of hydrogen-bond donors (Lipinski definition) is 0. The lowest BCUT2D eigenvalue weighted by atomic mass is 10.2. The first-order valence-electron chi connectivity index (χ1n) is 6.42. The standard InChI is InChI=1S/C15H12BrN3O2S/c1-3-11-9-19(15-14(11)18-13(16)8-17-15)22(20,21)12-6-4-10(2)5-7-12/h3-9H,1H2,2H3. The van der Waals surface area contributed by atoms with E-state index in [2.05, 4.69) is 32.5 Å². The number of nitrogens with zero attached hydrogens (tertiary/aromatic N) is 3. The van der Waals surface area contributed by atoms with Crippen molar-refractivity contribution in [1.29, 1.82) is 0 Å². The van der Waals surface area contributed by atoms with Crippen LogP contribution < -0.4 is 0 Å². The molecule has 0 unspecified atom stereocenters. The largest absolute Gasteiger partial charge is 0.269 e. The molecule has 0 aliphatic rings. The first kappa shape index (κ1) is 14.9. The van der Waals surface area contributed by atoms with Gasteiger partial charge < -0.3 is 0 Å². The van der Waals surface area contributed by atoms with Gasteiger partial charge in [0.1, 0.15) is 10.1 Å². The van der Waals surface area contributed by atoms with E-state index in [0.29, 0.717) is 15.7 Å². The second-order valence-corrected chi connectivity index (χ2v) is 7.39. The van der Waals surface area contributed by atoms with Crippen LogP contribution in [0.1, 0.15) is 11.1 Å². The zero-order chi connectivity index (χ0) is 15.9. The molecule has 2 heterocycles. The van der Waals surface area contributed by atoms with Gasteiger partial charge in [-0.25, -0.2) is 22.4 Å². The number of fused-ring (bicyclic) bond motifs is 1. The third kappa shape index (κ3) is 2.36. The molecular weight excluding hydrogens is 366 g/mol. The van der Waals surface area contributed by atoms with Gasteiger partial charge in [-0.05, 0) is 35.0 Å². The molecule has 1 aromatic carbocycles. The van der Waals surface area contributed by atoms with Crippen LogP contribution in [-0.2, 0) is 10.0 Å².